The monoisotopic (exact) mass is 468 g/mol. The number of rotatable bonds is 9. The van der Waals surface area contributed by atoms with E-state index >= 15 is 0 Å². The Hall–Kier alpha value is -3.68. The smallest absolute Gasteiger partial charge is 0.338 e. The van der Waals surface area contributed by atoms with E-state index in [-0.39, 0.29) is 24.8 Å². The van der Waals surface area contributed by atoms with Crippen molar-refractivity contribution in [1.82, 2.24) is 10.2 Å². The number of likely N-dealkylation sites (N-methyl/N-ethyl adjacent to an activating group) is 1. The Labute approximate surface area is 200 Å². The Bertz CT molecular complexity index is 1060. The Morgan fingerprint density at radius 2 is 1.74 bits per heavy atom. The van der Waals surface area contributed by atoms with Crippen molar-refractivity contribution in [2.45, 2.75) is 32.7 Å². The zero-order valence-corrected chi connectivity index (χ0v) is 20.5. The van der Waals surface area contributed by atoms with E-state index < -0.39 is 12.0 Å². The third kappa shape index (κ3) is 5.27. The maximum atomic E-state index is 13.1. The van der Waals surface area contributed by atoms with E-state index in [2.05, 4.69) is 19.2 Å². The molecule has 1 heterocycles. The van der Waals surface area contributed by atoms with Gasteiger partial charge in [0.05, 0.1) is 38.1 Å². The number of nitrogens with zero attached hydrogens (tertiary/aromatic N) is 1. The number of urea groups is 1. The fourth-order valence-corrected chi connectivity index (χ4v) is 3.78. The summed E-state index contributed by atoms with van der Waals surface area (Å²) in [6, 6.07) is 11.8. The molecule has 8 heteroatoms. The van der Waals surface area contributed by atoms with E-state index in [0.717, 1.165) is 0 Å². The van der Waals surface area contributed by atoms with Crippen LogP contribution in [-0.2, 0) is 9.53 Å². The van der Waals surface area contributed by atoms with Crippen LogP contribution in [0.3, 0.4) is 0 Å². The van der Waals surface area contributed by atoms with Gasteiger partial charge < -0.3 is 24.3 Å². The van der Waals surface area contributed by atoms with Crippen molar-refractivity contribution >= 4 is 12.0 Å². The molecular formula is C26H32N2O6. The van der Waals surface area contributed by atoms with Crippen LogP contribution in [0.2, 0.25) is 0 Å². The fraction of sp³-hybridized carbons (Fsp3) is 0.385. The Balaban J connectivity index is 2.06. The summed E-state index contributed by atoms with van der Waals surface area (Å²) in [5, 5.41) is 2.88. The first-order chi connectivity index (χ1) is 16.3. The standard InChI is InChI=1S/C26H32N2O6/c1-7-33-25(29)23-21(15-34-18-10-8-17(9-11-18)16(2)3)28(4)26(30)27-24(23)20-14-19(31-5)12-13-22(20)32-6/h8-14,16,24H,7,15H2,1-6H3,(H,27,30)/t24-/m0/s1. The maximum absolute atomic E-state index is 13.1. The molecule has 0 saturated carbocycles. The quantitative estimate of drug-likeness (QED) is 0.549. The average Bonchev–Trinajstić information content (AvgIpc) is 2.84. The normalized spacial score (nSPS) is 15.8. The van der Waals surface area contributed by atoms with Crippen LogP contribution in [0, 0.1) is 0 Å². The molecule has 3 rings (SSSR count). The highest BCUT2D eigenvalue weighted by molar-refractivity contribution is 5.95. The number of esters is 1. The van der Waals surface area contributed by atoms with Gasteiger partial charge in [0.1, 0.15) is 23.9 Å². The van der Waals surface area contributed by atoms with Crippen molar-refractivity contribution in [3.8, 4) is 17.2 Å². The van der Waals surface area contributed by atoms with Crippen LogP contribution in [0.1, 0.15) is 43.9 Å². The summed E-state index contributed by atoms with van der Waals surface area (Å²) in [7, 11) is 4.67. The zero-order chi connectivity index (χ0) is 24.8. The lowest BCUT2D eigenvalue weighted by Gasteiger charge is -2.35. The van der Waals surface area contributed by atoms with Gasteiger partial charge in [-0.05, 0) is 48.7 Å². The molecule has 0 saturated heterocycles. The number of amides is 2. The molecule has 2 aromatic rings. The van der Waals surface area contributed by atoms with Gasteiger partial charge in [-0.2, -0.15) is 0 Å². The molecule has 1 aliphatic rings. The van der Waals surface area contributed by atoms with E-state index in [1.54, 1.807) is 39.3 Å². The van der Waals surface area contributed by atoms with Gasteiger partial charge in [-0.25, -0.2) is 9.59 Å². The molecule has 1 aliphatic heterocycles. The van der Waals surface area contributed by atoms with Crippen LogP contribution in [0.5, 0.6) is 17.2 Å². The third-order valence-electron chi connectivity index (χ3n) is 5.74. The molecule has 0 fully saturated rings. The minimum Gasteiger partial charge on any atom is -0.497 e. The minimum atomic E-state index is -0.810. The molecule has 182 valence electrons. The molecule has 0 radical (unpaired) electrons. The van der Waals surface area contributed by atoms with Gasteiger partial charge in [0.15, 0.2) is 0 Å². The SMILES string of the molecule is CCOC(=O)C1=C(COc2ccc(C(C)C)cc2)N(C)C(=O)N[C@H]1c1cc(OC)ccc1OC. The highest BCUT2D eigenvalue weighted by atomic mass is 16.5. The zero-order valence-electron chi connectivity index (χ0n) is 20.5. The Morgan fingerprint density at radius 3 is 2.32 bits per heavy atom. The number of hydrogen-bond acceptors (Lipinski definition) is 6. The number of hydrogen-bond donors (Lipinski definition) is 1. The predicted octanol–water partition coefficient (Wildman–Crippen LogP) is 4.42. The Kier molecular flexibility index (Phi) is 8.04. The van der Waals surface area contributed by atoms with Crippen LogP contribution >= 0.6 is 0 Å². The molecule has 0 aliphatic carbocycles. The number of methoxy groups -OCH3 is 2. The number of carbonyl (C=O) groups is 2. The van der Waals surface area contributed by atoms with Crippen molar-refractivity contribution in [3.63, 3.8) is 0 Å². The van der Waals surface area contributed by atoms with E-state index in [1.807, 2.05) is 24.3 Å². The van der Waals surface area contributed by atoms with E-state index in [0.29, 0.717) is 34.4 Å². The molecular weight excluding hydrogens is 436 g/mol. The Morgan fingerprint density at radius 1 is 1.06 bits per heavy atom. The van der Waals surface area contributed by atoms with Crippen LogP contribution in [0.25, 0.3) is 0 Å². The van der Waals surface area contributed by atoms with Crippen molar-refractivity contribution in [1.29, 1.82) is 0 Å². The molecule has 0 unspecified atom stereocenters. The second-order valence-electron chi connectivity index (χ2n) is 8.14. The second-order valence-corrected chi connectivity index (χ2v) is 8.14. The van der Waals surface area contributed by atoms with Gasteiger partial charge in [-0.3, -0.25) is 4.90 Å². The van der Waals surface area contributed by atoms with Gasteiger partial charge in [0, 0.05) is 12.6 Å². The van der Waals surface area contributed by atoms with Crippen LogP contribution in [0.15, 0.2) is 53.7 Å². The summed E-state index contributed by atoms with van der Waals surface area (Å²) in [5.74, 6) is 1.56. The predicted molar refractivity (Wildman–Crippen MR) is 128 cm³/mol. The first-order valence-corrected chi connectivity index (χ1v) is 11.2. The number of benzene rings is 2. The average molecular weight is 469 g/mol. The molecule has 2 amide bonds. The van der Waals surface area contributed by atoms with Crippen molar-refractivity contribution < 1.29 is 28.5 Å². The summed E-state index contributed by atoms with van der Waals surface area (Å²) in [5.41, 5.74) is 2.45. The van der Waals surface area contributed by atoms with Crippen LogP contribution in [-0.4, -0.2) is 51.4 Å². The minimum absolute atomic E-state index is 0.00186. The van der Waals surface area contributed by atoms with Gasteiger partial charge in [-0.1, -0.05) is 26.0 Å². The van der Waals surface area contributed by atoms with Gasteiger partial charge in [0.2, 0.25) is 0 Å². The third-order valence-corrected chi connectivity index (χ3v) is 5.74. The van der Waals surface area contributed by atoms with Gasteiger partial charge >= 0.3 is 12.0 Å². The van der Waals surface area contributed by atoms with Crippen LogP contribution in [0.4, 0.5) is 4.79 Å². The molecule has 0 bridgehead atoms. The summed E-state index contributed by atoms with van der Waals surface area (Å²) in [6.45, 7) is 6.16. The lowest BCUT2D eigenvalue weighted by atomic mass is 9.93. The van der Waals surface area contributed by atoms with Crippen LogP contribution < -0.4 is 19.5 Å². The number of nitrogens with one attached hydrogen (secondary N) is 1. The molecule has 1 N–H and O–H groups in total. The highest BCUT2D eigenvalue weighted by Gasteiger charge is 2.38. The maximum Gasteiger partial charge on any atom is 0.338 e. The highest BCUT2D eigenvalue weighted by Crippen LogP contribution is 2.37. The molecule has 8 nitrogen and oxygen atoms in total. The first-order valence-electron chi connectivity index (χ1n) is 11.2. The van der Waals surface area contributed by atoms with E-state index in [1.165, 1.54) is 17.6 Å². The summed E-state index contributed by atoms with van der Waals surface area (Å²) < 4.78 is 22.2. The number of ether oxygens (including phenoxy) is 4. The molecule has 0 aromatic heterocycles. The lowest BCUT2D eigenvalue weighted by Crippen LogP contribution is -2.48. The van der Waals surface area contributed by atoms with Gasteiger partial charge in [0.25, 0.3) is 0 Å². The fourth-order valence-electron chi connectivity index (χ4n) is 3.78. The summed E-state index contributed by atoms with van der Waals surface area (Å²) in [6.07, 6.45) is 0. The second kappa shape index (κ2) is 11.0. The molecule has 0 spiro atoms. The first kappa shape index (κ1) is 25.0. The van der Waals surface area contributed by atoms with Crippen molar-refractivity contribution in [2.24, 2.45) is 0 Å². The topological polar surface area (TPSA) is 86.3 Å². The summed E-state index contributed by atoms with van der Waals surface area (Å²) >= 11 is 0. The largest absolute Gasteiger partial charge is 0.497 e. The summed E-state index contributed by atoms with van der Waals surface area (Å²) in [4.78, 5) is 27.4. The van der Waals surface area contributed by atoms with Crippen molar-refractivity contribution in [2.75, 3.05) is 34.5 Å². The molecule has 1 atom stereocenters. The van der Waals surface area contributed by atoms with Crippen molar-refractivity contribution in [3.05, 3.63) is 64.9 Å². The molecule has 2 aromatic carbocycles. The van der Waals surface area contributed by atoms with Gasteiger partial charge in [-0.15, -0.1) is 0 Å². The van der Waals surface area contributed by atoms with E-state index in [9.17, 15) is 9.59 Å². The lowest BCUT2D eigenvalue weighted by molar-refractivity contribution is -0.139. The molecule has 34 heavy (non-hydrogen) atoms. The number of carbonyl (C=O) groups excluding carboxylic acids is 2. The van der Waals surface area contributed by atoms with E-state index in [4.69, 9.17) is 18.9 Å².